The number of thioether (sulfide) groups is 1. The first-order chi connectivity index (χ1) is 17.6. The van der Waals surface area contributed by atoms with E-state index in [0.717, 1.165) is 21.8 Å². The van der Waals surface area contributed by atoms with Crippen LogP contribution in [0.25, 0.3) is 11.3 Å². The third-order valence-corrected chi connectivity index (χ3v) is 7.17. The zero-order valence-corrected chi connectivity index (χ0v) is 20.7. The molecule has 1 fully saturated rings. The number of aromatic nitrogens is 2. The molecule has 1 aliphatic heterocycles. The fourth-order valence-electron chi connectivity index (χ4n) is 4.28. The standard InChI is InChI=1S/C28H26N4O3S/c1-20-18-31(14-15-32(20)28(34)25-11-6-16-35-25)27(33)23-10-5-7-21(17-23)19-36-26-13-12-24(29-30-26)22-8-3-2-4-9-22/h2-13,16-17,20H,14-15,18-19H2,1H3. The van der Waals surface area contributed by atoms with E-state index in [9.17, 15) is 9.59 Å². The molecule has 0 spiro atoms. The van der Waals surface area contributed by atoms with Crippen LogP contribution in [0.3, 0.4) is 0 Å². The van der Waals surface area contributed by atoms with E-state index in [1.54, 1.807) is 28.8 Å². The summed E-state index contributed by atoms with van der Waals surface area (Å²) in [6.45, 7) is 3.39. The number of amides is 2. The highest BCUT2D eigenvalue weighted by Gasteiger charge is 2.31. The van der Waals surface area contributed by atoms with Crippen molar-refractivity contribution in [3.8, 4) is 11.3 Å². The summed E-state index contributed by atoms with van der Waals surface area (Å²) in [6, 6.07) is 24.9. The molecule has 1 atom stereocenters. The van der Waals surface area contributed by atoms with Gasteiger partial charge in [-0.3, -0.25) is 9.59 Å². The van der Waals surface area contributed by atoms with Crippen LogP contribution in [0.5, 0.6) is 0 Å². The average Bonchev–Trinajstić information content (AvgIpc) is 3.47. The van der Waals surface area contributed by atoms with Crippen molar-refractivity contribution in [1.29, 1.82) is 0 Å². The lowest BCUT2D eigenvalue weighted by molar-refractivity contribution is 0.0395. The number of carbonyl (C=O) groups excluding carboxylic acids is 2. The van der Waals surface area contributed by atoms with Gasteiger partial charge in [-0.05, 0) is 48.9 Å². The molecule has 8 heteroatoms. The summed E-state index contributed by atoms with van der Waals surface area (Å²) < 4.78 is 5.25. The molecule has 3 heterocycles. The molecule has 5 rings (SSSR count). The average molecular weight is 499 g/mol. The van der Waals surface area contributed by atoms with Gasteiger partial charge in [0.15, 0.2) is 5.76 Å². The van der Waals surface area contributed by atoms with Crippen molar-refractivity contribution >= 4 is 23.6 Å². The number of hydrogen-bond donors (Lipinski definition) is 0. The van der Waals surface area contributed by atoms with Gasteiger partial charge in [0.05, 0.1) is 12.0 Å². The third kappa shape index (κ3) is 5.33. The zero-order chi connectivity index (χ0) is 24.9. The number of piperazine rings is 1. The molecule has 36 heavy (non-hydrogen) atoms. The Balaban J connectivity index is 1.18. The Morgan fingerprint density at radius 3 is 2.53 bits per heavy atom. The molecule has 7 nitrogen and oxygen atoms in total. The number of rotatable bonds is 6. The van der Waals surface area contributed by atoms with Crippen molar-refractivity contribution in [2.24, 2.45) is 0 Å². The molecule has 0 bridgehead atoms. The van der Waals surface area contributed by atoms with E-state index in [1.807, 2.05) is 78.6 Å². The second-order valence-corrected chi connectivity index (χ2v) is 9.68. The first-order valence-electron chi connectivity index (χ1n) is 11.8. The van der Waals surface area contributed by atoms with E-state index in [1.165, 1.54) is 6.26 Å². The number of carbonyl (C=O) groups is 2. The first kappa shape index (κ1) is 23.8. The van der Waals surface area contributed by atoms with Gasteiger partial charge in [-0.2, -0.15) is 0 Å². The van der Waals surface area contributed by atoms with Gasteiger partial charge in [0, 0.05) is 42.6 Å². The monoisotopic (exact) mass is 498 g/mol. The maximum atomic E-state index is 13.2. The van der Waals surface area contributed by atoms with Gasteiger partial charge in [0.25, 0.3) is 11.8 Å². The van der Waals surface area contributed by atoms with E-state index >= 15 is 0 Å². The molecule has 0 aliphatic carbocycles. The van der Waals surface area contributed by atoms with Crippen molar-refractivity contribution < 1.29 is 14.0 Å². The molecular formula is C28H26N4O3S. The summed E-state index contributed by atoms with van der Waals surface area (Å²) >= 11 is 1.58. The van der Waals surface area contributed by atoms with E-state index in [-0.39, 0.29) is 17.9 Å². The Morgan fingerprint density at radius 2 is 1.81 bits per heavy atom. The van der Waals surface area contributed by atoms with E-state index < -0.39 is 0 Å². The lowest BCUT2D eigenvalue weighted by Gasteiger charge is -2.39. The van der Waals surface area contributed by atoms with Crippen LogP contribution in [-0.2, 0) is 5.75 Å². The highest BCUT2D eigenvalue weighted by Crippen LogP contribution is 2.24. The molecule has 2 aromatic carbocycles. The predicted molar refractivity (Wildman–Crippen MR) is 139 cm³/mol. The summed E-state index contributed by atoms with van der Waals surface area (Å²) in [4.78, 5) is 29.5. The van der Waals surface area contributed by atoms with E-state index in [0.29, 0.717) is 36.7 Å². The highest BCUT2D eigenvalue weighted by molar-refractivity contribution is 7.98. The van der Waals surface area contributed by atoms with Gasteiger partial charge in [0.2, 0.25) is 0 Å². The molecule has 2 aromatic heterocycles. The Hall–Kier alpha value is -3.91. The quantitative estimate of drug-likeness (QED) is 0.348. The van der Waals surface area contributed by atoms with Gasteiger partial charge in [0.1, 0.15) is 5.03 Å². The predicted octanol–water partition coefficient (Wildman–Crippen LogP) is 5.02. The SMILES string of the molecule is CC1CN(C(=O)c2cccc(CSc3ccc(-c4ccccc4)nn3)c2)CCN1C(=O)c1ccco1. The van der Waals surface area contributed by atoms with Crippen molar-refractivity contribution in [2.45, 2.75) is 23.7 Å². The van der Waals surface area contributed by atoms with Crippen LogP contribution in [0, 0.1) is 0 Å². The summed E-state index contributed by atoms with van der Waals surface area (Å²) in [5.74, 6) is 0.845. The van der Waals surface area contributed by atoms with Gasteiger partial charge >= 0.3 is 0 Å². The summed E-state index contributed by atoms with van der Waals surface area (Å²) in [5.41, 5.74) is 3.57. The van der Waals surface area contributed by atoms with Gasteiger partial charge in [-0.15, -0.1) is 10.2 Å². The van der Waals surface area contributed by atoms with Crippen LogP contribution in [0.15, 0.2) is 94.6 Å². The molecule has 1 unspecified atom stereocenters. The van der Waals surface area contributed by atoms with Crippen molar-refractivity contribution in [2.75, 3.05) is 19.6 Å². The molecule has 0 saturated carbocycles. The van der Waals surface area contributed by atoms with Crippen LogP contribution < -0.4 is 0 Å². The van der Waals surface area contributed by atoms with Crippen LogP contribution in [0.2, 0.25) is 0 Å². The second kappa shape index (κ2) is 10.8. The normalized spacial score (nSPS) is 15.6. The topological polar surface area (TPSA) is 79.5 Å². The largest absolute Gasteiger partial charge is 0.459 e. The first-order valence-corrected chi connectivity index (χ1v) is 12.8. The molecule has 182 valence electrons. The smallest absolute Gasteiger partial charge is 0.289 e. The van der Waals surface area contributed by atoms with Crippen LogP contribution in [0.1, 0.15) is 33.4 Å². The van der Waals surface area contributed by atoms with Crippen LogP contribution in [0.4, 0.5) is 0 Å². The molecular weight excluding hydrogens is 472 g/mol. The maximum absolute atomic E-state index is 13.2. The summed E-state index contributed by atoms with van der Waals surface area (Å²) in [7, 11) is 0. The van der Waals surface area contributed by atoms with Crippen LogP contribution in [-0.4, -0.2) is 57.5 Å². The Morgan fingerprint density at radius 1 is 0.944 bits per heavy atom. The number of hydrogen-bond acceptors (Lipinski definition) is 6. The molecule has 1 saturated heterocycles. The minimum absolute atomic E-state index is 0.0224. The molecule has 0 radical (unpaired) electrons. The second-order valence-electron chi connectivity index (χ2n) is 8.69. The minimum Gasteiger partial charge on any atom is -0.459 e. The maximum Gasteiger partial charge on any atom is 0.289 e. The van der Waals surface area contributed by atoms with Crippen molar-refractivity contribution in [3.63, 3.8) is 0 Å². The zero-order valence-electron chi connectivity index (χ0n) is 19.9. The molecule has 0 N–H and O–H groups in total. The highest BCUT2D eigenvalue weighted by atomic mass is 32.2. The number of nitrogens with zero attached hydrogens (tertiary/aromatic N) is 4. The molecule has 1 aliphatic rings. The van der Waals surface area contributed by atoms with Gasteiger partial charge in [-0.1, -0.05) is 54.2 Å². The van der Waals surface area contributed by atoms with Gasteiger partial charge < -0.3 is 14.2 Å². The summed E-state index contributed by atoms with van der Waals surface area (Å²) in [6.07, 6.45) is 1.50. The fraction of sp³-hybridized carbons (Fsp3) is 0.214. The lowest BCUT2D eigenvalue weighted by Crippen LogP contribution is -2.55. The fourth-order valence-corrected chi connectivity index (χ4v) is 5.04. The number of furan rings is 1. The van der Waals surface area contributed by atoms with Crippen molar-refractivity contribution in [1.82, 2.24) is 20.0 Å². The van der Waals surface area contributed by atoms with Crippen LogP contribution >= 0.6 is 11.8 Å². The van der Waals surface area contributed by atoms with E-state index in [2.05, 4.69) is 10.2 Å². The Labute approximate surface area is 214 Å². The Bertz CT molecular complexity index is 1330. The molecule has 2 amide bonds. The number of benzene rings is 2. The third-order valence-electron chi connectivity index (χ3n) is 6.18. The van der Waals surface area contributed by atoms with Crippen molar-refractivity contribution in [3.05, 3.63) is 102 Å². The van der Waals surface area contributed by atoms with Gasteiger partial charge in [-0.25, -0.2) is 0 Å². The lowest BCUT2D eigenvalue weighted by atomic mass is 10.1. The summed E-state index contributed by atoms with van der Waals surface area (Å²) in [5, 5.41) is 9.52. The Kier molecular flexibility index (Phi) is 7.13. The van der Waals surface area contributed by atoms with E-state index in [4.69, 9.17) is 4.42 Å². The minimum atomic E-state index is -0.140. The molecule has 4 aromatic rings.